The van der Waals surface area contributed by atoms with Gasteiger partial charge < -0.3 is 19.9 Å². The Morgan fingerprint density at radius 1 is 0.855 bits per heavy atom. The van der Waals surface area contributed by atoms with Crippen LogP contribution < -0.4 is 10.2 Å². The van der Waals surface area contributed by atoms with Crippen molar-refractivity contribution < 1.29 is 38.7 Å². The highest BCUT2D eigenvalue weighted by molar-refractivity contribution is 6.23. The van der Waals surface area contributed by atoms with E-state index in [1.54, 1.807) is 30.3 Å². The van der Waals surface area contributed by atoms with E-state index in [0.29, 0.717) is 35.3 Å². The number of carbonyl (C=O) groups is 4. The Bertz CT molecular complexity index is 2980. The van der Waals surface area contributed by atoms with Crippen LogP contribution in [0.3, 0.4) is 0 Å². The first-order valence-corrected chi connectivity index (χ1v) is 22.4. The summed E-state index contributed by atoms with van der Waals surface area (Å²) in [7, 11) is 1.95. The Balaban J connectivity index is 1.26. The molecule has 3 amide bonds. The van der Waals surface area contributed by atoms with Crippen LogP contribution in [0.15, 0.2) is 170 Å². The average molecular weight is 922 g/mol. The van der Waals surface area contributed by atoms with E-state index < -0.39 is 64.4 Å². The van der Waals surface area contributed by atoms with Gasteiger partial charge >= 0.3 is 12.1 Å². The van der Waals surface area contributed by atoms with Crippen molar-refractivity contribution in [2.24, 2.45) is 5.92 Å². The molecule has 3 aliphatic heterocycles. The summed E-state index contributed by atoms with van der Waals surface area (Å²) < 4.78 is 12.3. The fourth-order valence-corrected chi connectivity index (χ4v) is 10.1. The molecule has 2 N–H and O–H groups in total. The van der Waals surface area contributed by atoms with E-state index >= 15 is 14.4 Å². The van der Waals surface area contributed by atoms with E-state index in [1.165, 1.54) is 42.5 Å². The van der Waals surface area contributed by atoms with E-state index in [1.807, 2.05) is 103 Å². The number of phenols is 1. The van der Waals surface area contributed by atoms with Crippen LogP contribution in [-0.2, 0) is 42.4 Å². The molecule has 0 saturated carbocycles. The van der Waals surface area contributed by atoms with E-state index in [0.717, 1.165) is 16.0 Å². The molecule has 2 saturated heterocycles. The predicted octanol–water partition coefficient (Wildman–Crippen LogP) is 8.09. The lowest BCUT2D eigenvalue weighted by Crippen LogP contribution is -2.55. The van der Waals surface area contributed by atoms with Crippen molar-refractivity contribution in [3.8, 4) is 17.6 Å². The maximum atomic E-state index is 16.3. The normalized spacial score (nSPS) is 21.4. The van der Waals surface area contributed by atoms with Gasteiger partial charge in [-0.1, -0.05) is 121 Å². The Morgan fingerprint density at radius 3 is 2.16 bits per heavy atom. The predicted molar refractivity (Wildman–Crippen MR) is 256 cm³/mol. The molecule has 6 aromatic rings. The van der Waals surface area contributed by atoms with Gasteiger partial charge in [-0.25, -0.2) is 9.69 Å². The summed E-state index contributed by atoms with van der Waals surface area (Å²) in [4.78, 5) is 77.2. The van der Waals surface area contributed by atoms with Gasteiger partial charge in [-0.3, -0.25) is 34.3 Å². The molecular formula is C55H47N5O9. The molecule has 2 fully saturated rings. The van der Waals surface area contributed by atoms with Crippen LogP contribution in [0.2, 0.25) is 0 Å². The van der Waals surface area contributed by atoms with Crippen LogP contribution in [0.25, 0.3) is 0 Å². The number of esters is 1. The first-order chi connectivity index (χ1) is 33.5. The summed E-state index contributed by atoms with van der Waals surface area (Å²) in [6.45, 7) is 4.45. The first-order valence-electron chi connectivity index (χ1n) is 22.4. The molecule has 346 valence electrons. The number of non-ortho nitro benzene ring substituents is 1. The van der Waals surface area contributed by atoms with Gasteiger partial charge in [-0.2, -0.15) is 0 Å². The summed E-state index contributed by atoms with van der Waals surface area (Å²) in [6, 6.07) is 41.8. The quantitative estimate of drug-likeness (QED) is 0.0400. The van der Waals surface area contributed by atoms with Crippen molar-refractivity contribution in [3.63, 3.8) is 0 Å². The van der Waals surface area contributed by atoms with Gasteiger partial charge in [0.05, 0.1) is 35.2 Å². The smallest absolute Gasteiger partial charge is 0.421 e. The number of carbonyl (C=O) groups excluding carboxylic acids is 4. The zero-order chi connectivity index (χ0) is 48.2. The maximum absolute atomic E-state index is 16.3. The average Bonchev–Trinajstić information content (AvgIpc) is 3.82. The number of imide groups is 1. The molecule has 6 atom stereocenters. The Hall–Kier alpha value is -8.38. The topological polar surface area (TPSA) is 172 Å². The van der Waals surface area contributed by atoms with Crippen molar-refractivity contribution >= 4 is 35.3 Å². The second-order valence-corrected chi connectivity index (χ2v) is 17.2. The molecule has 9 rings (SSSR count). The van der Waals surface area contributed by atoms with Gasteiger partial charge in [0.15, 0.2) is 0 Å². The van der Waals surface area contributed by atoms with Crippen LogP contribution >= 0.6 is 0 Å². The molecule has 3 heterocycles. The summed E-state index contributed by atoms with van der Waals surface area (Å²) in [5, 5.41) is 25.0. The zero-order valence-corrected chi connectivity index (χ0v) is 37.5. The number of phenolic OH excluding ortho intramolecular Hbond substituents is 1. The number of nitrogens with zero attached hydrogens (tertiary/aromatic N) is 4. The zero-order valence-electron chi connectivity index (χ0n) is 37.5. The van der Waals surface area contributed by atoms with Crippen molar-refractivity contribution in [3.05, 3.63) is 219 Å². The molecule has 0 radical (unpaired) electrons. The molecule has 1 spiro atoms. The lowest BCUT2D eigenvalue weighted by atomic mass is 9.65. The number of hydrogen-bond donors (Lipinski definition) is 2. The minimum Gasteiger partial charge on any atom is -0.508 e. The first kappa shape index (κ1) is 45.8. The van der Waals surface area contributed by atoms with Crippen molar-refractivity contribution in [2.45, 2.75) is 42.8 Å². The number of rotatable bonds is 12. The van der Waals surface area contributed by atoms with Crippen LogP contribution in [-0.4, -0.2) is 69.9 Å². The number of nitro groups is 1. The maximum Gasteiger partial charge on any atom is 0.421 e. The van der Waals surface area contributed by atoms with Gasteiger partial charge in [0.1, 0.15) is 29.9 Å². The molecule has 0 aromatic heterocycles. The Labute approximate surface area is 398 Å². The van der Waals surface area contributed by atoms with E-state index in [-0.39, 0.29) is 35.8 Å². The van der Waals surface area contributed by atoms with Gasteiger partial charge in [0.25, 0.3) is 5.69 Å². The fraction of sp³-hybridized carbons (Fsp3) is 0.200. The van der Waals surface area contributed by atoms with Crippen molar-refractivity contribution in [1.29, 1.82) is 0 Å². The number of aromatic hydroxyl groups is 1. The monoisotopic (exact) mass is 921 g/mol. The van der Waals surface area contributed by atoms with E-state index in [9.17, 15) is 20.0 Å². The molecule has 14 heteroatoms. The molecule has 69 heavy (non-hydrogen) atoms. The highest BCUT2D eigenvalue weighted by Gasteiger charge is 2.75. The van der Waals surface area contributed by atoms with Crippen LogP contribution in [0.4, 0.5) is 16.2 Å². The molecule has 0 aliphatic carbocycles. The number of nitro benzene ring substituents is 1. The summed E-state index contributed by atoms with van der Waals surface area (Å²) in [6.07, 6.45) is -0.532. The van der Waals surface area contributed by atoms with Gasteiger partial charge in [0, 0.05) is 30.8 Å². The Morgan fingerprint density at radius 2 is 1.51 bits per heavy atom. The summed E-state index contributed by atoms with van der Waals surface area (Å²) in [5.74, 6) is 2.60. The second-order valence-electron chi connectivity index (χ2n) is 17.2. The van der Waals surface area contributed by atoms with Crippen LogP contribution in [0, 0.1) is 27.9 Å². The molecule has 6 aromatic carbocycles. The minimum absolute atomic E-state index is 0.0180. The van der Waals surface area contributed by atoms with Crippen molar-refractivity contribution in [2.75, 3.05) is 25.0 Å². The number of anilines is 1. The largest absolute Gasteiger partial charge is 0.508 e. The third-order valence-corrected chi connectivity index (χ3v) is 12.9. The van der Waals surface area contributed by atoms with Gasteiger partial charge in [0.2, 0.25) is 11.8 Å². The molecular weight excluding hydrogens is 875 g/mol. The van der Waals surface area contributed by atoms with Crippen molar-refractivity contribution in [1.82, 2.24) is 15.1 Å². The number of ether oxygens (including phenoxy) is 2. The van der Waals surface area contributed by atoms with Gasteiger partial charge in [-0.15, -0.1) is 6.58 Å². The highest BCUT2D eigenvalue weighted by Crippen LogP contribution is 2.66. The van der Waals surface area contributed by atoms with Crippen LogP contribution in [0.5, 0.6) is 5.75 Å². The van der Waals surface area contributed by atoms with E-state index in [4.69, 9.17) is 9.47 Å². The minimum atomic E-state index is -2.08. The highest BCUT2D eigenvalue weighted by atomic mass is 16.6. The third kappa shape index (κ3) is 8.61. The number of cyclic esters (lactones) is 1. The molecule has 0 bridgehead atoms. The SMILES string of the molecule is C=CCNC(=O)C1C2C(=O)OC(c3ccccc3)C(c3ccccc3)N2C(c2ccc(O)cc2)C12C(=O)N(C(=O)OCc1ccc([N+](=O)[O-])cc1)c1ccc(C#CCN(C)Cc3ccccc3)cc12. The Kier molecular flexibility index (Phi) is 12.9. The number of nitrogens with one attached hydrogen (secondary N) is 1. The lowest BCUT2D eigenvalue weighted by Gasteiger charge is -2.46. The van der Waals surface area contributed by atoms with E-state index in [2.05, 4.69) is 28.6 Å². The number of amides is 3. The lowest BCUT2D eigenvalue weighted by molar-refractivity contribution is -0.384. The number of fused-ring (bicyclic) bond motifs is 3. The summed E-state index contributed by atoms with van der Waals surface area (Å²) in [5.41, 5.74) is 1.96. The van der Waals surface area contributed by atoms with Gasteiger partial charge in [-0.05, 0) is 82.9 Å². The number of hydrogen-bond acceptors (Lipinski definition) is 11. The molecule has 14 nitrogen and oxygen atoms in total. The second kappa shape index (κ2) is 19.5. The third-order valence-electron chi connectivity index (χ3n) is 12.9. The van der Waals surface area contributed by atoms with Crippen LogP contribution in [0.1, 0.15) is 57.1 Å². The fourth-order valence-electron chi connectivity index (χ4n) is 10.1. The number of benzene rings is 6. The number of morpholine rings is 1. The summed E-state index contributed by atoms with van der Waals surface area (Å²) >= 11 is 0. The molecule has 6 unspecified atom stereocenters. The molecule has 3 aliphatic rings. The standard InChI is InChI=1S/C55H47N5O9/c1-3-31-56-51(62)46-48-52(63)69-49(40-19-11-6-12-20-40)47(39-17-9-5-10-18-39)59(48)50(41-24-28-43(61)29-25-41)55(46)44-33-36(16-13-32-57(2)34-37-14-7-4-8-15-37)23-30-45(44)58(53(55)64)54(65)68-35-38-21-26-42(27-22-38)60(66)67/h3-12,14-15,17-30,33,46-50,61H,1,31-32,34-35H2,2H3,(H,56,62).